The summed E-state index contributed by atoms with van der Waals surface area (Å²) in [6, 6.07) is 0. The summed E-state index contributed by atoms with van der Waals surface area (Å²) >= 11 is 0. The maximum absolute atomic E-state index is 12.0. The molecule has 76 valence electrons. The molecule has 2 N–H and O–H groups in total. The van der Waals surface area contributed by atoms with Crippen molar-refractivity contribution in [2.75, 3.05) is 0 Å². The lowest BCUT2D eigenvalue weighted by Gasteiger charge is -2.36. The summed E-state index contributed by atoms with van der Waals surface area (Å²) in [5.74, 6) is 0.236. The standard InChI is InChI=1S/C11H21NO/c1-10(2,3)9(13)11(12)7-5-4-6-8-11/h4-8,12H2,1-3H3. The van der Waals surface area contributed by atoms with Crippen molar-refractivity contribution in [1.29, 1.82) is 0 Å². The molecular formula is C11H21NO. The van der Waals surface area contributed by atoms with E-state index in [-0.39, 0.29) is 11.2 Å². The van der Waals surface area contributed by atoms with Gasteiger partial charge in [0, 0.05) is 5.41 Å². The third kappa shape index (κ3) is 2.31. The summed E-state index contributed by atoms with van der Waals surface area (Å²) in [6.07, 6.45) is 5.21. The second-order valence-corrected chi connectivity index (χ2v) is 5.30. The summed E-state index contributed by atoms with van der Waals surface area (Å²) in [6.45, 7) is 5.87. The molecule has 0 amide bonds. The Hall–Kier alpha value is -0.370. The Kier molecular flexibility index (Phi) is 2.81. The second kappa shape index (κ2) is 3.41. The van der Waals surface area contributed by atoms with Crippen LogP contribution in [0.5, 0.6) is 0 Å². The zero-order valence-corrected chi connectivity index (χ0v) is 9.02. The normalized spacial score (nSPS) is 22.8. The molecule has 13 heavy (non-hydrogen) atoms. The largest absolute Gasteiger partial charge is 0.319 e. The highest BCUT2D eigenvalue weighted by molar-refractivity contribution is 5.92. The predicted molar refractivity (Wildman–Crippen MR) is 54.5 cm³/mol. The van der Waals surface area contributed by atoms with Gasteiger partial charge in [0.15, 0.2) is 5.78 Å². The lowest BCUT2D eigenvalue weighted by atomic mass is 9.71. The van der Waals surface area contributed by atoms with Gasteiger partial charge < -0.3 is 5.73 Å². The molecule has 0 aromatic carbocycles. The smallest absolute Gasteiger partial charge is 0.157 e. The van der Waals surface area contributed by atoms with Crippen LogP contribution < -0.4 is 5.73 Å². The Balaban J connectivity index is 2.73. The number of carbonyl (C=O) groups is 1. The number of Topliss-reactive ketones (excluding diaryl/α,β-unsaturated/α-hetero) is 1. The maximum atomic E-state index is 12.0. The topological polar surface area (TPSA) is 43.1 Å². The van der Waals surface area contributed by atoms with E-state index in [4.69, 9.17) is 5.73 Å². The molecule has 0 aromatic heterocycles. The molecule has 0 spiro atoms. The first-order valence-corrected chi connectivity index (χ1v) is 5.20. The van der Waals surface area contributed by atoms with Gasteiger partial charge in [0.2, 0.25) is 0 Å². The Morgan fingerprint density at radius 1 is 1.15 bits per heavy atom. The van der Waals surface area contributed by atoms with Gasteiger partial charge in [-0.05, 0) is 12.8 Å². The molecule has 1 saturated carbocycles. The fourth-order valence-electron chi connectivity index (χ4n) is 2.16. The van der Waals surface area contributed by atoms with E-state index >= 15 is 0 Å². The van der Waals surface area contributed by atoms with Crippen molar-refractivity contribution < 1.29 is 4.79 Å². The summed E-state index contributed by atoms with van der Waals surface area (Å²) in [7, 11) is 0. The minimum atomic E-state index is -0.517. The van der Waals surface area contributed by atoms with Crippen LogP contribution in [0.1, 0.15) is 52.9 Å². The Bertz CT molecular complexity index is 197. The molecule has 1 fully saturated rings. The van der Waals surface area contributed by atoms with Crippen LogP contribution in [0, 0.1) is 5.41 Å². The van der Waals surface area contributed by atoms with Crippen LogP contribution in [0.2, 0.25) is 0 Å². The Labute approximate surface area is 80.9 Å². The molecule has 2 nitrogen and oxygen atoms in total. The first-order valence-electron chi connectivity index (χ1n) is 5.20. The number of hydrogen-bond donors (Lipinski definition) is 1. The fraction of sp³-hybridized carbons (Fsp3) is 0.909. The van der Waals surface area contributed by atoms with Crippen LogP contribution >= 0.6 is 0 Å². The van der Waals surface area contributed by atoms with Crippen LogP contribution in [-0.4, -0.2) is 11.3 Å². The number of hydrogen-bond acceptors (Lipinski definition) is 2. The molecule has 1 rings (SSSR count). The summed E-state index contributed by atoms with van der Waals surface area (Å²) in [5, 5.41) is 0. The minimum Gasteiger partial charge on any atom is -0.319 e. The summed E-state index contributed by atoms with van der Waals surface area (Å²) < 4.78 is 0. The van der Waals surface area contributed by atoms with Gasteiger partial charge in [-0.2, -0.15) is 0 Å². The maximum Gasteiger partial charge on any atom is 0.157 e. The monoisotopic (exact) mass is 183 g/mol. The van der Waals surface area contributed by atoms with E-state index in [1.165, 1.54) is 6.42 Å². The summed E-state index contributed by atoms with van der Waals surface area (Å²) in [4.78, 5) is 12.0. The average molecular weight is 183 g/mol. The van der Waals surface area contributed by atoms with Crippen molar-refractivity contribution in [3.63, 3.8) is 0 Å². The van der Waals surface area contributed by atoms with E-state index in [1.54, 1.807) is 0 Å². The number of nitrogens with two attached hydrogens (primary N) is 1. The zero-order chi connectivity index (χ0) is 10.1. The van der Waals surface area contributed by atoms with Gasteiger partial charge in [-0.1, -0.05) is 40.0 Å². The van der Waals surface area contributed by atoms with Crippen LogP contribution in [0.25, 0.3) is 0 Å². The molecule has 0 atom stereocenters. The van der Waals surface area contributed by atoms with Gasteiger partial charge in [0.1, 0.15) is 0 Å². The van der Waals surface area contributed by atoms with E-state index in [2.05, 4.69) is 0 Å². The van der Waals surface area contributed by atoms with Crippen LogP contribution in [0.3, 0.4) is 0 Å². The highest BCUT2D eigenvalue weighted by Gasteiger charge is 2.40. The lowest BCUT2D eigenvalue weighted by molar-refractivity contribution is -0.133. The molecule has 0 radical (unpaired) electrons. The molecule has 0 unspecified atom stereocenters. The zero-order valence-electron chi connectivity index (χ0n) is 9.02. The highest BCUT2D eigenvalue weighted by Crippen LogP contribution is 2.32. The number of carbonyl (C=O) groups excluding carboxylic acids is 1. The average Bonchev–Trinajstić information content (AvgIpc) is 2.03. The lowest BCUT2D eigenvalue weighted by Crippen LogP contribution is -2.53. The third-order valence-electron chi connectivity index (χ3n) is 2.88. The van der Waals surface area contributed by atoms with Crippen molar-refractivity contribution in [3.05, 3.63) is 0 Å². The summed E-state index contributed by atoms with van der Waals surface area (Å²) in [5.41, 5.74) is 5.34. The second-order valence-electron chi connectivity index (χ2n) is 5.30. The molecule has 0 aromatic rings. The highest BCUT2D eigenvalue weighted by atomic mass is 16.1. The van der Waals surface area contributed by atoms with Crippen molar-refractivity contribution in [3.8, 4) is 0 Å². The molecular weight excluding hydrogens is 162 g/mol. The molecule has 0 bridgehead atoms. The van der Waals surface area contributed by atoms with Crippen molar-refractivity contribution in [2.24, 2.45) is 11.1 Å². The predicted octanol–water partition coefficient (Wildman–Crippen LogP) is 2.26. The van der Waals surface area contributed by atoms with Crippen LogP contribution in [0.4, 0.5) is 0 Å². The van der Waals surface area contributed by atoms with Crippen molar-refractivity contribution in [1.82, 2.24) is 0 Å². The fourth-order valence-corrected chi connectivity index (χ4v) is 2.16. The van der Waals surface area contributed by atoms with Crippen molar-refractivity contribution in [2.45, 2.75) is 58.4 Å². The molecule has 0 aliphatic heterocycles. The number of ketones is 1. The van der Waals surface area contributed by atoms with E-state index < -0.39 is 5.54 Å². The molecule has 1 aliphatic rings. The molecule has 0 saturated heterocycles. The molecule has 1 aliphatic carbocycles. The van der Waals surface area contributed by atoms with E-state index in [9.17, 15) is 4.79 Å². The van der Waals surface area contributed by atoms with E-state index in [0.717, 1.165) is 25.7 Å². The quantitative estimate of drug-likeness (QED) is 0.677. The first-order chi connectivity index (χ1) is 5.86. The third-order valence-corrected chi connectivity index (χ3v) is 2.88. The SMILES string of the molecule is CC(C)(C)C(=O)C1(N)CCCCC1. The van der Waals surface area contributed by atoms with Crippen molar-refractivity contribution >= 4 is 5.78 Å². The van der Waals surface area contributed by atoms with Gasteiger partial charge in [0.05, 0.1) is 5.54 Å². The molecule has 0 heterocycles. The van der Waals surface area contributed by atoms with Gasteiger partial charge in [-0.3, -0.25) is 4.79 Å². The Morgan fingerprint density at radius 3 is 2.00 bits per heavy atom. The van der Waals surface area contributed by atoms with Gasteiger partial charge >= 0.3 is 0 Å². The van der Waals surface area contributed by atoms with E-state index in [1.807, 2.05) is 20.8 Å². The number of rotatable bonds is 1. The van der Waals surface area contributed by atoms with Crippen LogP contribution in [0.15, 0.2) is 0 Å². The van der Waals surface area contributed by atoms with E-state index in [0.29, 0.717) is 0 Å². The van der Waals surface area contributed by atoms with Crippen LogP contribution in [-0.2, 0) is 4.79 Å². The Morgan fingerprint density at radius 2 is 1.62 bits per heavy atom. The minimum absolute atomic E-state index is 0.236. The van der Waals surface area contributed by atoms with Gasteiger partial charge in [-0.15, -0.1) is 0 Å². The molecule has 2 heteroatoms. The van der Waals surface area contributed by atoms with Gasteiger partial charge in [-0.25, -0.2) is 0 Å². The first kappa shape index (κ1) is 10.7. The van der Waals surface area contributed by atoms with Gasteiger partial charge in [0.25, 0.3) is 0 Å².